The number of likely N-dealkylation sites (tertiary alicyclic amines) is 1. The normalized spacial score (nSPS) is 15.5. The van der Waals surface area contributed by atoms with Crippen LogP contribution < -0.4 is 10.1 Å². The number of nitrogens with one attached hydrogen (secondary N) is 1. The van der Waals surface area contributed by atoms with Crippen molar-refractivity contribution in [1.82, 2.24) is 15.2 Å². The van der Waals surface area contributed by atoms with Gasteiger partial charge in [0.15, 0.2) is 0 Å². The standard InChI is InChI=1S/C24H31N3O2/c1-29-23-9-6-20(7-10-23)5-3-15-27-16-12-21(13-17-27)8-11-24(28)26-19-22-4-2-14-25-18-22/h2-7,9-10,14,18,21H,8,11-13,15-17,19H2,1H3,(H,26,28). The number of ether oxygens (including phenoxy) is 1. The highest BCUT2D eigenvalue weighted by atomic mass is 16.5. The molecule has 2 heterocycles. The summed E-state index contributed by atoms with van der Waals surface area (Å²) in [6.45, 7) is 3.75. The van der Waals surface area contributed by atoms with E-state index in [0.29, 0.717) is 18.9 Å². The van der Waals surface area contributed by atoms with Crippen LogP contribution in [0.3, 0.4) is 0 Å². The van der Waals surface area contributed by atoms with Crippen LogP contribution in [0.5, 0.6) is 5.75 Å². The first-order valence-electron chi connectivity index (χ1n) is 10.4. The number of hydrogen-bond acceptors (Lipinski definition) is 4. The van der Waals surface area contributed by atoms with Crippen LogP contribution in [-0.4, -0.2) is 42.5 Å². The lowest BCUT2D eigenvalue weighted by Crippen LogP contribution is -2.34. The maximum Gasteiger partial charge on any atom is 0.220 e. The Morgan fingerprint density at radius 3 is 2.72 bits per heavy atom. The van der Waals surface area contributed by atoms with Crippen molar-refractivity contribution in [2.24, 2.45) is 5.92 Å². The molecule has 0 aliphatic carbocycles. The third-order valence-electron chi connectivity index (χ3n) is 5.49. The molecule has 0 spiro atoms. The van der Waals surface area contributed by atoms with Gasteiger partial charge in [0.05, 0.1) is 7.11 Å². The van der Waals surface area contributed by atoms with Gasteiger partial charge in [0.1, 0.15) is 5.75 Å². The summed E-state index contributed by atoms with van der Waals surface area (Å²) < 4.78 is 5.19. The van der Waals surface area contributed by atoms with Crippen LogP contribution in [-0.2, 0) is 11.3 Å². The highest BCUT2D eigenvalue weighted by Gasteiger charge is 2.19. The summed E-state index contributed by atoms with van der Waals surface area (Å²) in [5.74, 6) is 1.68. The van der Waals surface area contributed by atoms with Crippen molar-refractivity contribution in [2.45, 2.75) is 32.2 Å². The predicted octanol–water partition coefficient (Wildman–Crippen LogP) is 3.91. The molecule has 5 nitrogen and oxygen atoms in total. The fraction of sp³-hybridized carbons (Fsp3) is 0.417. The van der Waals surface area contributed by atoms with E-state index in [-0.39, 0.29) is 5.91 Å². The fourth-order valence-electron chi connectivity index (χ4n) is 3.64. The Morgan fingerprint density at radius 2 is 2.03 bits per heavy atom. The van der Waals surface area contributed by atoms with Crippen molar-refractivity contribution >= 4 is 12.0 Å². The quantitative estimate of drug-likeness (QED) is 0.702. The lowest BCUT2D eigenvalue weighted by molar-refractivity contribution is -0.121. The van der Waals surface area contributed by atoms with Gasteiger partial charge in [0.25, 0.3) is 0 Å². The minimum Gasteiger partial charge on any atom is -0.497 e. The number of aromatic nitrogens is 1. The summed E-state index contributed by atoms with van der Waals surface area (Å²) in [5.41, 5.74) is 2.23. The fourth-order valence-corrected chi connectivity index (χ4v) is 3.64. The molecule has 0 saturated carbocycles. The minimum atomic E-state index is 0.138. The maximum atomic E-state index is 12.1. The average Bonchev–Trinajstić information content (AvgIpc) is 2.78. The van der Waals surface area contributed by atoms with E-state index in [1.807, 2.05) is 24.3 Å². The Bertz CT molecular complexity index is 766. The number of carbonyl (C=O) groups is 1. The highest BCUT2D eigenvalue weighted by molar-refractivity contribution is 5.75. The zero-order valence-electron chi connectivity index (χ0n) is 17.2. The van der Waals surface area contributed by atoms with Gasteiger partial charge in [-0.3, -0.25) is 14.7 Å². The third kappa shape index (κ3) is 7.35. The van der Waals surface area contributed by atoms with Gasteiger partial charge >= 0.3 is 0 Å². The average molecular weight is 394 g/mol. The van der Waals surface area contributed by atoms with E-state index in [1.54, 1.807) is 19.5 Å². The van der Waals surface area contributed by atoms with Crippen LogP contribution >= 0.6 is 0 Å². The molecule has 29 heavy (non-hydrogen) atoms. The lowest BCUT2D eigenvalue weighted by Gasteiger charge is -2.31. The molecule has 154 valence electrons. The number of amides is 1. The molecule has 1 aromatic heterocycles. The first kappa shape index (κ1) is 21.1. The molecule has 2 aromatic rings. The SMILES string of the molecule is COc1ccc(C=CCN2CCC(CCC(=O)NCc3cccnc3)CC2)cc1. The molecule has 0 atom stereocenters. The predicted molar refractivity (Wildman–Crippen MR) is 117 cm³/mol. The topological polar surface area (TPSA) is 54.5 Å². The van der Waals surface area contributed by atoms with Gasteiger partial charge in [-0.2, -0.15) is 0 Å². The van der Waals surface area contributed by atoms with E-state index in [9.17, 15) is 4.79 Å². The van der Waals surface area contributed by atoms with E-state index in [4.69, 9.17) is 4.74 Å². The summed E-state index contributed by atoms with van der Waals surface area (Å²) in [6, 6.07) is 12.0. The first-order valence-corrected chi connectivity index (χ1v) is 10.4. The number of nitrogens with zero attached hydrogens (tertiary/aromatic N) is 2. The molecule has 0 radical (unpaired) electrons. The molecular formula is C24H31N3O2. The number of rotatable bonds is 9. The van der Waals surface area contributed by atoms with E-state index in [1.165, 1.54) is 18.4 Å². The van der Waals surface area contributed by atoms with Gasteiger partial charge in [0.2, 0.25) is 5.91 Å². The zero-order valence-corrected chi connectivity index (χ0v) is 17.2. The molecule has 1 saturated heterocycles. The maximum absolute atomic E-state index is 12.1. The molecule has 1 N–H and O–H groups in total. The van der Waals surface area contributed by atoms with Gasteiger partial charge in [0, 0.05) is 31.9 Å². The molecule has 5 heteroatoms. The van der Waals surface area contributed by atoms with Crippen LogP contribution in [0.15, 0.2) is 54.9 Å². The molecular weight excluding hydrogens is 362 g/mol. The van der Waals surface area contributed by atoms with Crippen LogP contribution in [0, 0.1) is 5.92 Å². The molecule has 1 aliphatic rings. The van der Waals surface area contributed by atoms with Crippen LogP contribution in [0.4, 0.5) is 0 Å². The summed E-state index contributed by atoms with van der Waals surface area (Å²) in [6.07, 6.45) is 11.9. The second kappa shape index (κ2) is 11.4. The second-order valence-corrected chi connectivity index (χ2v) is 7.60. The number of benzene rings is 1. The van der Waals surface area contributed by atoms with Crippen molar-refractivity contribution in [3.05, 3.63) is 66.0 Å². The Hall–Kier alpha value is -2.66. The summed E-state index contributed by atoms with van der Waals surface area (Å²) in [5, 5.41) is 2.99. The summed E-state index contributed by atoms with van der Waals surface area (Å²) in [7, 11) is 1.68. The first-order chi connectivity index (χ1) is 14.2. The van der Waals surface area contributed by atoms with Crippen molar-refractivity contribution in [2.75, 3.05) is 26.7 Å². The summed E-state index contributed by atoms with van der Waals surface area (Å²) >= 11 is 0. The number of methoxy groups -OCH3 is 1. The molecule has 3 rings (SSSR count). The summed E-state index contributed by atoms with van der Waals surface area (Å²) in [4.78, 5) is 18.6. The Morgan fingerprint density at radius 1 is 1.24 bits per heavy atom. The smallest absolute Gasteiger partial charge is 0.220 e. The monoisotopic (exact) mass is 393 g/mol. The minimum absolute atomic E-state index is 0.138. The molecule has 1 fully saturated rings. The van der Waals surface area contributed by atoms with Crippen molar-refractivity contribution in [1.29, 1.82) is 0 Å². The van der Waals surface area contributed by atoms with Gasteiger partial charge < -0.3 is 10.1 Å². The van der Waals surface area contributed by atoms with E-state index >= 15 is 0 Å². The van der Waals surface area contributed by atoms with Crippen molar-refractivity contribution in [3.8, 4) is 5.75 Å². The number of pyridine rings is 1. The largest absolute Gasteiger partial charge is 0.497 e. The molecule has 1 amide bonds. The molecule has 0 bridgehead atoms. The molecule has 1 aliphatic heterocycles. The number of hydrogen-bond donors (Lipinski definition) is 1. The van der Waals surface area contributed by atoms with Crippen molar-refractivity contribution < 1.29 is 9.53 Å². The van der Waals surface area contributed by atoms with E-state index in [0.717, 1.165) is 37.4 Å². The Kier molecular flexibility index (Phi) is 8.25. The van der Waals surface area contributed by atoms with E-state index in [2.05, 4.69) is 39.5 Å². The zero-order chi connectivity index (χ0) is 20.3. The van der Waals surface area contributed by atoms with Gasteiger partial charge in [-0.1, -0.05) is 30.4 Å². The van der Waals surface area contributed by atoms with Crippen LogP contribution in [0.25, 0.3) is 6.08 Å². The third-order valence-corrected chi connectivity index (χ3v) is 5.49. The Balaban J connectivity index is 1.29. The number of carbonyl (C=O) groups excluding carboxylic acids is 1. The van der Waals surface area contributed by atoms with Crippen LogP contribution in [0.1, 0.15) is 36.8 Å². The molecule has 0 unspecified atom stereocenters. The van der Waals surface area contributed by atoms with Crippen LogP contribution in [0.2, 0.25) is 0 Å². The van der Waals surface area contributed by atoms with Gasteiger partial charge in [-0.25, -0.2) is 0 Å². The van der Waals surface area contributed by atoms with E-state index < -0.39 is 0 Å². The second-order valence-electron chi connectivity index (χ2n) is 7.60. The van der Waals surface area contributed by atoms with Gasteiger partial charge in [-0.15, -0.1) is 0 Å². The van der Waals surface area contributed by atoms with Gasteiger partial charge in [-0.05, 0) is 67.6 Å². The number of piperidine rings is 1. The lowest BCUT2D eigenvalue weighted by atomic mass is 9.92. The Labute approximate surface area is 173 Å². The highest BCUT2D eigenvalue weighted by Crippen LogP contribution is 2.22. The molecule has 1 aromatic carbocycles. The van der Waals surface area contributed by atoms with Crippen molar-refractivity contribution in [3.63, 3.8) is 0 Å².